The second-order valence-corrected chi connectivity index (χ2v) is 5.85. The summed E-state index contributed by atoms with van der Waals surface area (Å²) in [5.74, 6) is -0.205. The molecule has 1 aromatic rings. The molecule has 2 rings (SSSR count). The molecule has 1 saturated heterocycles. The van der Waals surface area contributed by atoms with Crippen molar-refractivity contribution in [3.63, 3.8) is 0 Å². The van der Waals surface area contributed by atoms with E-state index in [1.165, 1.54) is 4.90 Å². The Morgan fingerprint density at radius 2 is 1.95 bits per heavy atom. The quantitative estimate of drug-likeness (QED) is 0.656. The summed E-state index contributed by atoms with van der Waals surface area (Å²) in [5.41, 5.74) is 7.23. The number of amides is 2. The van der Waals surface area contributed by atoms with E-state index in [9.17, 15) is 9.59 Å². The number of nitrogens with two attached hydrogens (primary N) is 1. The third kappa shape index (κ3) is 2.01. The highest BCUT2D eigenvalue weighted by molar-refractivity contribution is 6.23. The summed E-state index contributed by atoms with van der Waals surface area (Å²) in [5, 5.41) is 0. The van der Waals surface area contributed by atoms with E-state index in [1.807, 2.05) is 33.8 Å². The lowest BCUT2D eigenvalue weighted by molar-refractivity contribution is -0.126. The topological polar surface area (TPSA) is 63.4 Å². The van der Waals surface area contributed by atoms with Crippen LogP contribution in [-0.4, -0.2) is 11.8 Å². The Bertz CT molecular complexity index is 551. The van der Waals surface area contributed by atoms with Gasteiger partial charge in [0.25, 0.3) is 0 Å². The molecule has 2 N–H and O–H groups in total. The van der Waals surface area contributed by atoms with Crippen LogP contribution in [0.15, 0.2) is 18.2 Å². The summed E-state index contributed by atoms with van der Waals surface area (Å²) in [4.78, 5) is 26.1. The number of carbonyl (C=O) groups is 2. The summed E-state index contributed by atoms with van der Waals surface area (Å²) >= 11 is 0. The van der Waals surface area contributed by atoms with Crippen molar-refractivity contribution in [2.45, 2.75) is 34.1 Å². The van der Waals surface area contributed by atoms with Crippen LogP contribution in [0.25, 0.3) is 0 Å². The lowest BCUT2D eigenvalue weighted by Crippen LogP contribution is -2.37. The van der Waals surface area contributed by atoms with Crippen LogP contribution in [0, 0.1) is 18.3 Å². The molecule has 1 fully saturated rings. The minimum absolute atomic E-state index is 0.111. The molecule has 0 spiro atoms. The van der Waals surface area contributed by atoms with Gasteiger partial charge in [0.2, 0.25) is 11.8 Å². The molecular weight excluding hydrogens is 240 g/mol. The van der Waals surface area contributed by atoms with E-state index < -0.39 is 5.41 Å². The first-order valence-electron chi connectivity index (χ1n) is 6.51. The molecule has 1 aliphatic heterocycles. The zero-order chi connectivity index (χ0) is 14.4. The van der Waals surface area contributed by atoms with Crippen LogP contribution in [0.5, 0.6) is 0 Å². The molecule has 1 heterocycles. The number of rotatable bonds is 2. The van der Waals surface area contributed by atoms with E-state index in [-0.39, 0.29) is 24.2 Å². The number of imide groups is 1. The number of nitrogen functional groups attached to an aromatic ring is 1. The fourth-order valence-corrected chi connectivity index (χ4v) is 2.38. The molecule has 4 nitrogen and oxygen atoms in total. The van der Waals surface area contributed by atoms with Gasteiger partial charge in [-0.1, -0.05) is 19.9 Å². The van der Waals surface area contributed by atoms with Crippen molar-refractivity contribution in [2.75, 3.05) is 10.6 Å². The molecule has 4 heteroatoms. The van der Waals surface area contributed by atoms with Crippen molar-refractivity contribution < 1.29 is 9.59 Å². The normalized spacial score (nSPS) is 23.5. The van der Waals surface area contributed by atoms with Crippen molar-refractivity contribution in [3.05, 3.63) is 23.8 Å². The zero-order valence-electron chi connectivity index (χ0n) is 11.9. The van der Waals surface area contributed by atoms with Crippen molar-refractivity contribution in [1.29, 1.82) is 0 Å². The molecule has 19 heavy (non-hydrogen) atoms. The Balaban J connectivity index is 2.49. The summed E-state index contributed by atoms with van der Waals surface area (Å²) in [6, 6.07) is 5.39. The largest absolute Gasteiger partial charge is 0.397 e. The van der Waals surface area contributed by atoms with E-state index in [4.69, 9.17) is 5.73 Å². The third-order valence-corrected chi connectivity index (χ3v) is 4.16. The highest BCUT2D eigenvalue weighted by atomic mass is 16.2. The lowest BCUT2D eigenvalue weighted by Gasteiger charge is -2.26. The van der Waals surface area contributed by atoms with Crippen LogP contribution in [0.3, 0.4) is 0 Å². The first-order valence-corrected chi connectivity index (χ1v) is 6.51. The van der Waals surface area contributed by atoms with E-state index >= 15 is 0 Å². The van der Waals surface area contributed by atoms with Crippen LogP contribution in [0.1, 0.15) is 32.8 Å². The predicted octanol–water partition coefficient (Wildman–Crippen LogP) is 2.50. The monoisotopic (exact) mass is 260 g/mol. The molecular formula is C15H20N2O2. The minimum atomic E-state index is -0.632. The first kappa shape index (κ1) is 13.6. The van der Waals surface area contributed by atoms with Gasteiger partial charge in [0, 0.05) is 6.42 Å². The predicted molar refractivity (Wildman–Crippen MR) is 75.6 cm³/mol. The van der Waals surface area contributed by atoms with Crippen LogP contribution < -0.4 is 10.6 Å². The number of nitrogens with zero attached hydrogens (tertiary/aromatic N) is 1. The molecule has 1 aliphatic rings. The fraction of sp³-hybridized carbons (Fsp3) is 0.467. The SMILES string of the molecule is Cc1ccc(N)c(N2C(=O)CC(C)(C(C)C)C2=O)c1. The molecule has 0 bridgehead atoms. The van der Waals surface area contributed by atoms with E-state index in [0.717, 1.165) is 5.56 Å². The van der Waals surface area contributed by atoms with Gasteiger partial charge in [-0.25, -0.2) is 4.90 Å². The van der Waals surface area contributed by atoms with Crippen LogP contribution in [-0.2, 0) is 9.59 Å². The van der Waals surface area contributed by atoms with Crippen molar-refractivity contribution in [2.24, 2.45) is 11.3 Å². The maximum Gasteiger partial charge on any atom is 0.240 e. The van der Waals surface area contributed by atoms with Gasteiger partial charge >= 0.3 is 0 Å². The van der Waals surface area contributed by atoms with Gasteiger partial charge in [0.05, 0.1) is 16.8 Å². The molecule has 0 aromatic heterocycles. The van der Waals surface area contributed by atoms with Crippen molar-refractivity contribution >= 4 is 23.2 Å². The molecule has 1 unspecified atom stereocenters. The van der Waals surface area contributed by atoms with Gasteiger partial charge in [-0.3, -0.25) is 9.59 Å². The van der Waals surface area contributed by atoms with Crippen molar-refractivity contribution in [1.82, 2.24) is 0 Å². The Morgan fingerprint density at radius 1 is 1.32 bits per heavy atom. The Morgan fingerprint density at radius 3 is 2.47 bits per heavy atom. The molecule has 1 atom stereocenters. The average Bonchev–Trinajstić information content (AvgIpc) is 2.55. The molecule has 0 aliphatic carbocycles. The van der Waals surface area contributed by atoms with Crippen LogP contribution in [0.2, 0.25) is 0 Å². The molecule has 2 amide bonds. The van der Waals surface area contributed by atoms with E-state index in [2.05, 4.69) is 0 Å². The van der Waals surface area contributed by atoms with Crippen molar-refractivity contribution in [3.8, 4) is 0 Å². The van der Waals surface area contributed by atoms with Gasteiger partial charge in [-0.05, 0) is 37.5 Å². The van der Waals surface area contributed by atoms with Gasteiger partial charge in [-0.2, -0.15) is 0 Å². The molecule has 0 saturated carbocycles. The van der Waals surface area contributed by atoms with E-state index in [0.29, 0.717) is 11.4 Å². The average molecular weight is 260 g/mol. The lowest BCUT2D eigenvalue weighted by atomic mass is 9.78. The van der Waals surface area contributed by atoms with E-state index in [1.54, 1.807) is 12.1 Å². The zero-order valence-corrected chi connectivity index (χ0v) is 11.9. The number of carbonyl (C=O) groups excluding carboxylic acids is 2. The third-order valence-electron chi connectivity index (χ3n) is 4.16. The number of hydrogen-bond donors (Lipinski definition) is 1. The second kappa shape index (κ2) is 4.37. The molecule has 0 radical (unpaired) electrons. The number of benzene rings is 1. The van der Waals surface area contributed by atoms with Gasteiger partial charge in [-0.15, -0.1) is 0 Å². The molecule has 102 valence electrons. The highest BCUT2D eigenvalue weighted by Crippen LogP contribution is 2.42. The van der Waals surface area contributed by atoms with Gasteiger partial charge in [0.1, 0.15) is 0 Å². The number of aryl methyl sites for hydroxylation is 1. The Hall–Kier alpha value is -1.84. The summed E-state index contributed by atoms with van der Waals surface area (Å²) in [6.45, 7) is 7.70. The maximum absolute atomic E-state index is 12.6. The summed E-state index contributed by atoms with van der Waals surface area (Å²) in [6.07, 6.45) is 0.247. The molecule has 1 aromatic carbocycles. The fourth-order valence-electron chi connectivity index (χ4n) is 2.38. The smallest absolute Gasteiger partial charge is 0.240 e. The van der Waals surface area contributed by atoms with Gasteiger partial charge in [0.15, 0.2) is 0 Å². The minimum Gasteiger partial charge on any atom is -0.397 e. The standard InChI is InChI=1S/C15H20N2O2/c1-9(2)15(4)8-13(18)17(14(15)19)12-7-10(3)5-6-11(12)16/h5-7,9H,8,16H2,1-4H3. The van der Waals surface area contributed by atoms with Gasteiger partial charge < -0.3 is 5.73 Å². The first-order chi connectivity index (χ1) is 8.77. The number of anilines is 2. The maximum atomic E-state index is 12.6. The number of hydrogen-bond acceptors (Lipinski definition) is 3. The highest BCUT2D eigenvalue weighted by Gasteiger charge is 2.50. The van der Waals surface area contributed by atoms with Crippen LogP contribution in [0.4, 0.5) is 11.4 Å². The van der Waals surface area contributed by atoms with Crippen LogP contribution >= 0.6 is 0 Å². The summed E-state index contributed by atoms with van der Waals surface area (Å²) in [7, 11) is 0. The summed E-state index contributed by atoms with van der Waals surface area (Å²) < 4.78 is 0. The Kier molecular flexibility index (Phi) is 3.12. The Labute approximate surface area is 113 Å². The second-order valence-electron chi connectivity index (χ2n) is 5.85.